The van der Waals surface area contributed by atoms with Crippen LogP contribution in [0.1, 0.15) is 30.0 Å². The molecule has 1 aromatic carbocycles. The van der Waals surface area contributed by atoms with E-state index < -0.39 is 0 Å². The van der Waals surface area contributed by atoms with Crippen LogP contribution in [0.2, 0.25) is 0 Å². The summed E-state index contributed by atoms with van der Waals surface area (Å²) in [6.45, 7) is 5.39. The largest absolute Gasteiger partial charge is 0.352 e. The van der Waals surface area contributed by atoms with Crippen LogP contribution in [-0.4, -0.2) is 52.2 Å². The topological polar surface area (TPSA) is 36.7 Å². The van der Waals surface area contributed by atoms with Crippen molar-refractivity contribution in [2.75, 3.05) is 37.6 Å². The van der Waals surface area contributed by atoms with Crippen LogP contribution in [0.4, 0.5) is 5.82 Å². The lowest BCUT2D eigenvalue weighted by atomic mass is 10.1. The summed E-state index contributed by atoms with van der Waals surface area (Å²) in [5.41, 5.74) is 3.82. The molecule has 134 valence electrons. The maximum absolute atomic E-state index is 4.75. The van der Waals surface area contributed by atoms with Crippen LogP contribution in [0.3, 0.4) is 0 Å². The van der Waals surface area contributed by atoms with Crippen molar-refractivity contribution in [3.8, 4) is 0 Å². The molecule has 0 radical (unpaired) electrons. The molecule has 0 amide bonds. The van der Waals surface area contributed by atoms with Gasteiger partial charge in [0.1, 0.15) is 5.52 Å². The Morgan fingerprint density at radius 2 is 1.81 bits per heavy atom. The van der Waals surface area contributed by atoms with Gasteiger partial charge in [-0.3, -0.25) is 4.90 Å². The third-order valence-electron chi connectivity index (χ3n) is 5.62. The zero-order chi connectivity index (χ0) is 17.3. The van der Waals surface area contributed by atoms with E-state index in [9.17, 15) is 0 Å². The van der Waals surface area contributed by atoms with Crippen molar-refractivity contribution < 1.29 is 0 Å². The third kappa shape index (κ3) is 3.19. The highest BCUT2D eigenvalue weighted by molar-refractivity contribution is 5.69. The lowest BCUT2D eigenvalue weighted by Gasteiger charge is -2.35. The van der Waals surface area contributed by atoms with Gasteiger partial charge in [0, 0.05) is 51.0 Å². The van der Waals surface area contributed by atoms with Gasteiger partial charge in [-0.05, 0) is 30.9 Å². The molecule has 3 aromatic rings. The Kier molecular flexibility index (Phi) is 4.09. The summed E-state index contributed by atoms with van der Waals surface area (Å²) in [6, 6.07) is 13.0. The molecule has 1 saturated heterocycles. The zero-order valence-electron chi connectivity index (χ0n) is 15.1. The van der Waals surface area contributed by atoms with Crippen molar-refractivity contribution in [2.45, 2.75) is 25.2 Å². The van der Waals surface area contributed by atoms with Gasteiger partial charge in [0.15, 0.2) is 5.82 Å². The maximum Gasteiger partial charge on any atom is 0.154 e. The van der Waals surface area contributed by atoms with Gasteiger partial charge in [0.05, 0.1) is 5.69 Å². The highest BCUT2D eigenvalue weighted by atomic mass is 15.3. The monoisotopic (exact) mass is 347 g/mol. The van der Waals surface area contributed by atoms with Crippen molar-refractivity contribution in [1.82, 2.24) is 19.5 Å². The van der Waals surface area contributed by atoms with Crippen LogP contribution in [0.25, 0.3) is 5.52 Å². The molecule has 1 aliphatic heterocycles. The Labute approximate surface area is 154 Å². The van der Waals surface area contributed by atoms with E-state index in [1.807, 2.05) is 16.9 Å². The van der Waals surface area contributed by atoms with E-state index in [0.29, 0.717) is 5.92 Å². The Hall–Kier alpha value is -2.40. The number of hydrogen-bond donors (Lipinski definition) is 0. The average Bonchev–Trinajstić information content (AvgIpc) is 3.46. The van der Waals surface area contributed by atoms with E-state index in [1.165, 1.54) is 24.1 Å². The Morgan fingerprint density at radius 1 is 1.00 bits per heavy atom. The zero-order valence-corrected chi connectivity index (χ0v) is 15.1. The first-order valence-corrected chi connectivity index (χ1v) is 9.72. The van der Waals surface area contributed by atoms with Gasteiger partial charge >= 0.3 is 0 Å². The Morgan fingerprint density at radius 3 is 2.58 bits per heavy atom. The summed E-state index contributed by atoms with van der Waals surface area (Å²) in [6.07, 6.45) is 7.55. The highest BCUT2D eigenvalue weighted by Crippen LogP contribution is 2.40. The van der Waals surface area contributed by atoms with Gasteiger partial charge < -0.3 is 4.90 Å². The number of fused-ring (bicyclic) bond motifs is 1. The molecule has 2 fully saturated rings. The van der Waals surface area contributed by atoms with Crippen LogP contribution in [-0.2, 0) is 6.42 Å². The van der Waals surface area contributed by atoms with Gasteiger partial charge in [0.25, 0.3) is 0 Å². The van der Waals surface area contributed by atoms with Gasteiger partial charge in [-0.1, -0.05) is 30.3 Å². The molecule has 5 nitrogen and oxygen atoms in total. The molecule has 0 bridgehead atoms. The van der Waals surface area contributed by atoms with Gasteiger partial charge in [-0.25, -0.2) is 9.50 Å². The molecule has 0 N–H and O–H groups in total. The predicted molar refractivity (Wildman–Crippen MR) is 104 cm³/mol. The van der Waals surface area contributed by atoms with Crippen LogP contribution in [0.5, 0.6) is 0 Å². The van der Waals surface area contributed by atoms with Crippen LogP contribution >= 0.6 is 0 Å². The quantitative estimate of drug-likeness (QED) is 0.711. The predicted octanol–water partition coefficient (Wildman–Crippen LogP) is 2.97. The van der Waals surface area contributed by atoms with E-state index in [-0.39, 0.29) is 0 Å². The van der Waals surface area contributed by atoms with Crippen molar-refractivity contribution >= 4 is 11.3 Å². The second kappa shape index (κ2) is 6.72. The molecular weight excluding hydrogens is 322 g/mol. The van der Waals surface area contributed by atoms with Gasteiger partial charge in [0.2, 0.25) is 0 Å². The molecule has 1 saturated carbocycles. The Bertz CT molecular complexity index is 876. The number of rotatable bonds is 5. The molecule has 5 heteroatoms. The SMILES string of the molecule is c1ccc(CCN2CCN(c3nccn4nc(C5CC5)cc34)CC2)cc1. The summed E-state index contributed by atoms with van der Waals surface area (Å²) >= 11 is 0. The van der Waals surface area contributed by atoms with Gasteiger partial charge in [-0.2, -0.15) is 5.10 Å². The number of anilines is 1. The number of nitrogens with zero attached hydrogens (tertiary/aromatic N) is 5. The first-order chi connectivity index (χ1) is 12.9. The minimum atomic E-state index is 0.678. The van der Waals surface area contributed by atoms with E-state index >= 15 is 0 Å². The summed E-state index contributed by atoms with van der Waals surface area (Å²) < 4.78 is 2.01. The second-order valence-electron chi connectivity index (χ2n) is 7.49. The fourth-order valence-electron chi connectivity index (χ4n) is 3.86. The first-order valence-electron chi connectivity index (χ1n) is 9.72. The maximum atomic E-state index is 4.75. The lowest BCUT2D eigenvalue weighted by Crippen LogP contribution is -2.47. The highest BCUT2D eigenvalue weighted by Gasteiger charge is 2.27. The summed E-state index contributed by atoms with van der Waals surface area (Å²) in [5, 5.41) is 4.75. The fourth-order valence-corrected chi connectivity index (χ4v) is 3.86. The molecule has 2 aliphatic rings. The second-order valence-corrected chi connectivity index (χ2v) is 7.49. The molecule has 1 aliphatic carbocycles. The van der Waals surface area contributed by atoms with Crippen LogP contribution < -0.4 is 4.90 Å². The normalized spacial score (nSPS) is 18.5. The molecule has 0 atom stereocenters. The van der Waals surface area contributed by atoms with Crippen molar-refractivity contribution in [1.29, 1.82) is 0 Å². The van der Waals surface area contributed by atoms with E-state index in [0.717, 1.165) is 50.5 Å². The van der Waals surface area contributed by atoms with E-state index in [2.05, 4.69) is 51.2 Å². The minimum Gasteiger partial charge on any atom is -0.352 e. The van der Waals surface area contributed by atoms with Gasteiger partial charge in [-0.15, -0.1) is 0 Å². The number of benzene rings is 1. The smallest absolute Gasteiger partial charge is 0.154 e. The first kappa shape index (κ1) is 15.8. The lowest BCUT2D eigenvalue weighted by molar-refractivity contribution is 0.260. The molecule has 0 spiro atoms. The fraction of sp³-hybridized carbons (Fsp3) is 0.429. The molecule has 26 heavy (non-hydrogen) atoms. The molecule has 3 heterocycles. The van der Waals surface area contributed by atoms with E-state index in [4.69, 9.17) is 5.10 Å². The van der Waals surface area contributed by atoms with Crippen LogP contribution in [0, 0.1) is 0 Å². The molecule has 5 rings (SSSR count). The molecule has 0 unspecified atom stereocenters. The summed E-state index contributed by atoms with van der Waals surface area (Å²) in [5.74, 6) is 1.77. The van der Waals surface area contributed by atoms with Crippen molar-refractivity contribution in [2.24, 2.45) is 0 Å². The van der Waals surface area contributed by atoms with Crippen LogP contribution in [0.15, 0.2) is 48.8 Å². The molecular formula is C21H25N5. The van der Waals surface area contributed by atoms with E-state index in [1.54, 1.807) is 0 Å². The van der Waals surface area contributed by atoms with Crippen molar-refractivity contribution in [3.05, 3.63) is 60.0 Å². The number of aromatic nitrogens is 3. The minimum absolute atomic E-state index is 0.678. The van der Waals surface area contributed by atoms with Crippen molar-refractivity contribution in [3.63, 3.8) is 0 Å². The number of hydrogen-bond acceptors (Lipinski definition) is 4. The Balaban J connectivity index is 1.24. The number of piperazine rings is 1. The third-order valence-corrected chi connectivity index (χ3v) is 5.62. The standard InChI is InChI=1S/C21H25N5/c1-2-4-17(5-3-1)8-10-24-12-14-25(15-13-24)21-20-16-19(18-6-7-18)23-26(20)11-9-22-21/h1-5,9,11,16,18H,6-8,10,12-15H2. The summed E-state index contributed by atoms with van der Waals surface area (Å²) in [7, 11) is 0. The summed E-state index contributed by atoms with van der Waals surface area (Å²) in [4.78, 5) is 9.68. The molecule has 2 aromatic heterocycles. The average molecular weight is 347 g/mol.